The summed E-state index contributed by atoms with van der Waals surface area (Å²) in [4.78, 5) is 2.89. The van der Waals surface area contributed by atoms with Crippen LogP contribution in [0.4, 0.5) is 0 Å². The lowest BCUT2D eigenvalue weighted by molar-refractivity contribution is 0.156. The lowest BCUT2D eigenvalue weighted by Crippen LogP contribution is -2.44. The predicted octanol–water partition coefficient (Wildman–Crippen LogP) is 3.42. The molecule has 1 heterocycles. The van der Waals surface area contributed by atoms with E-state index in [1.807, 2.05) is 0 Å². The zero-order valence-corrected chi connectivity index (χ0v) is 12.7. The largest absolute Gasteiger partial charge is 0.313 e. The van der Waals surface area contributed by atoms with Gasteiger partial charge in [-0.3, -0.25) is 4.90 Å². The van der Waals surface area contributed by atoms with Crippen LogP contribution in [0, 0.1) is 11.8 Å². The van der Waals surface area contributed by atoms with Crippen molar-refractivity contribution < 1.29 is 0 Å². The number of rotatable bonds is 5. The second kappa shape index (κ2) is 6.58. The first-order valence-corrected chi connectivity index (χ1v) is 8.78. The Balaban J connectivity index is 1.56. The molecule has 0 bridgehead atoms. The molecule has 0 amide bonds. The summed E-state index contributed by atoms with van der Waals surface area (Å²) in [7, 11) is 0. The van der Waals surface area contributed by atoms with Crippen molar-refractivity contribution in [1.82, 2.24) is 10.2 Å². The lowest BCUT2D eigenvalue weighted by atomic mass is 10.0. The van der Waals surface area contributed by atoms with E-state index in [0.717, 1.165) is 23.9 Å². The minimum Gasteiger partial charge on any atom is -0.313 e. The molecule has 3 unspecified atom stereocenters. The van der Waals surface area contributed by atoms with Crippen LogP contribution in [0.5, 0.6) is 0 Å². The van der Waals surface area contributed by atoms with E-state index in [-0.39, 0.29) is 0 Å². The van der Waals surface area contributed by atoms with Crippen LogP contribution in [-0.2, 0) is 0 Å². The van der Waals surface area contributed by atoms with Gasteiger partial charge < -0.3 is 5.32 Å². The molecule has 3 rings (SSSR count). The van der Waals surface area contributed by atoms with Crippen LogP contribution in [-0.4, -0.2) is 36.6 Å². The van der Waals surface area contributed by atoms with Gasteiger partial charge in [0.1, 0.15) is 0 Å². The highest BCUT2D eigenvalue weighted by Crippen LogP contribution is 2.33. The topological polar surface area (TPSA) is 15.3 Å². The highest BCUT2D eigenvalue weighted by molar-refractivity contribution is 4.87. The van der Waals surface area contributed by atoms with Crippen molar-refractivity contribution >= 4 is 0 Å². The Morgan fingerprint density at radius 3 is 2.53 bits per heavy atom. The van der Waals surface area contributed by atoms with Crippen LogP contribution in [0.1, 0.15) is 64.7 Å². The summed E-state index contributed by atoms with van der Waals surface area (Å²) in [6, 6.07) is 1.69. The molecular weight excluding hydrogens is 232 g/mol. The molecule has 0 spiro atoms. The fraction of sp³-hybridized carbons (Fsp3) is 1.00. The SMILES string of the molecule is CC1CCCC(N(CC2CC2)CC2CCCN2)CC1. The molecular formula is C17H32N2. The van der Waals surface area contributed by atoms with Gasteiger partial charge in [0.2, 0.25) is 0 Å². The summed E-state index contributed by atoms with van der Waals surface area (Å²) in [5, 5.41) is 3.70. The zero-order valence-electron chi connectivity index (χ0n) is 12.7. The standard InChI is InChI=1S/C17H32N2/c1-14-4-2-6-17(10-7-14)19(12-15-8-9-15)13-16-5-3-11-18-16/h14-18H,2-13H2,1H3. The Hall–Kier alpha value is -0.0800. The second-order valence-electron chi connectivity index (χ2n) is 7.46. The maximum absolute atomic E-state index is 3.70. The molecule has 2 heteroatoms. The van der Waals surface area contributed by atoms with Crippen molar-refractivity contribution in [2.45, 2.75) is 76.8 Å². The third-order valence-electron chi connectivity index (χ3n) is 5.55. The van der Waals surface area contributed by atoms with E-state index in [4.69, 9.17) is 0 Å². The van der Waals surface area contributed by atoms with Crippen LogP contribution in [0.15, 0.2) is 0 Å². The number of nitrogens with one attached hydrogen (secondary N) is 1. The molecule has 2 aliphatic carbocycles. The molecule has 110 valence electrons. The van der Waals surface area contributed by atoms with E-state index in [0.29, 0.717) is 0 Å². The Morgan fingerprint density at radius 1 is 0.895 bits per heavy atom. The molecule has 3 fully saturated rings. The Morgan fingerprint density at radius 2 is 1.79 bits per heavy atom. The minimum atomic E-state index is 0.791. The number of hydrogen-bond acceptors (Lipinski definition) is 2. The molecule has 3 aliphatic rings. The van der Waals surface area contributed by atoms with Crippen LogP contribution >= 0.6 is 0 Å². The van der Waals surface area contributed by atoms with Gasteiger partial charge in [0.05, 0.1) is 0 Å². The van der Waals surface area contributed by atoms with Gasteiger partial charge in [-0.15, -0.1) is 0 Å². The maximum atomic E-state index is 3.70. The summed E-state index contributed by atoms with van der Waals surface area (Å²) < 4.78 is 0. The van der Waals surface area contributed by atoms with E-state index in [1.165, 1.54) is 77.4 Å². The van der Waals surface area contributed by atoms with Gasteiger partial charge >= 0.3 is 0 Å². The minimum absolute atomic E-state index is 0.791. The van der Waals surface area contributed by atoms with Crippen molar-refractivity contribution in [3.63, 3.8) is 0 Å². The molecule has 0 aromatic heterocycles. The van der Waals surface area contributed by atoms with Crippen molar-refractivity contribution in [3.05, 3.63) is 0 Å². The lowest BCUT2D eigenvalue weighted by Gasteiger charge is -2.33. The molecule has 19 heavy (non-hydrogen) atoms. The Bertz CT molecular complexity index is 268. The Kier molecular flexibility index (Phi) is 4.81. The molecule has 1 N–H and O–H groups in total. The third-order valence-corrected chi connectivity index (χ3v) is 5.55. The van der Waals surface area contributed by atoms with Crippen LogP contribution in [0.2, 0.25) is 0 Å². The van der Waals surface area contributed by atoms with Crippen molar-refractivity contribution in [1.29, 1.82) is 0 Å². The molecule has 3 atom stereocenters. The van der Waals surface area contributed by atoms with E-state index < -0.39 is 0 Å². The van der Waals surface area contributed by atoms with Crippen LogP contribution in [0.25, 0.3) is 0 Å². The van der Waals surface area contributed by atoms with Gasteiger partial charge in [0.15, 0.2) is 0 Å². The van der Waals surface area contributed by atoms with E-state index in [9.17, 15) is 0 Å². The monoisotopic (exact) mass is 264 g/mol. The average molecular weight is 264 g/mol. The molecule has 1 saturated heterocycles. The first kappa shape index (κ1) is 13.9. The smallest absolute Gasteiger partial charge is 0.0195 e. The average Bonchev–Trinajstić information content (AvgIpc) is 3.11. The highest BCUT2D eigenvalue weighted by atomic mass is 15.2. The summed E-state index contributed by atoms with van der Waals surface area (Å²) >= 11 is 0. The quantitative estimate of drug-likeness (QED) is 0.766. The van der Waals surface area contributed by atoms with E-state index >= 15 is 0 Å². The third kappa shape index (κ3) is 4.19. The number of nitrogens with zero attached hydrogens (tertiary/aromatic N) is 1. The van der Waals surface area contributed by atoms with E-state index in [2.05, 4.69) is 17.1 Å². The van der Waals surface area contributed by atoms with Crippen LogP contribution < -0.4 is 5.32 Å². The van der Waals surface area contributed by atoms with Gasteiger partial charge in [-0.25, -0.2) is 0 Å². The first-order chi connectivity index (χ1) is 9.31. The fourth-order valence-electron chi connectivity index (χ4n) is 4.03. The first-order valence-electron chi connectivity index (χ1n) is 8.78. The van der Waals surface area contributed by atoms with Gasteiger partial charge in [-0.2, -0.15) is 0 Å². The summed E-state index contributed by atoms with van der Waals surface area (Å²) in [6.07, 6.45) is 13.1. The van der Waals surface area contributed by atoms with Gasteiger partial charge in [-0.1, -0.05) is 19.8 Å². The van der Waals surface area contributed by atoms with Crippen LogP contribution in [0.3, 0.4) is 0 Å². The van der Waals surface area contributed by atoms with Crippen molar-refractivity contribution in [2.24, 2.45) is 11.8 Å². The second-order valence-corrected chi connectivity index (χ2v) is 7.46. The maximum Gasteiger partial charge on any atom is 0.0195 e. The summed E-state index contributed by atoms with van der Waals surface area (Å²) in [6.45, 7) is 6.43. The van der Waals surface area contributed by atoms with E-state index in [1.54, 1.807) is 0 Å². The summed E-state index contributed by atoms with van der Waals surface area (Å²) in [5.74, 6) is 2.01. The molecule has 0 radical (unpaired) electrons. The van der Waals surface area contributed by atoms with Gasteiger partial charge in [0.25, 0.3) is 0 Å². The number of hydrogen-bond donors (Lipinski definition) is 1. The summed E-state index contributed by atoms with van der Waals surface area (Å²) in [5.41, 5.74) is 0. The molecule has 2 nitrogen and oxygen atoms in total. The molecule has 2 saturated carbocycles. The van der Waals surface area contributed by atoms with Crippen molar-refractivity contribution in [3.8, 4) is 0 Å². The Labute approximate surface area is 119 Å². The normalized spacial score (nSPS) is 36.6. The predicted molar refractivity (Wildman–Crippen MR) is 81.4 cm³/mol. The molecule has 1 aliphatic heterocycles. The van der Waals surface area contributed by atoms with Crippen molar-refractivity contribution in [2.75, 3.05) is 19.6 Å². The van der Waals surface area contributed by atoms with Gasteiger partial charge in [-0.05, 0) is 63.3 Å². The molecule has 0 aromatic carbocycles. The van der Waals surface area contributed by atoms with Gasteiger partial charge in [0, 0.05) is 25.2 Å². The fourth-order valence-corrected chi connectivity index (χ4v) is 4.03. The molecule has 0 aromatic rings. The zero-order chi connectivity index (χ0) is 13.1. The highest BCUT2D eigenvalue weighted by Gasteiger charge is 2.31.